The van der Waals surface area contributed by atoms with Crippen molar-refractivity contribution in [1.29, 1.82) is 0 Å². The van der Waals surface area contributed by atoms with Gasteiger partial charge in [0.2, 0.25) is 11.8 Å². The fourth-order valence-electron chi connectivity index (χ4n) is 13.4. The molecule has 7 heterocycles. The maximum Gasteiger partial charge on any atom is 0.494 e. The maximum absolute atomic E-state index is 12.8. The molecule has 0 atom stereocenters. The van der Waals surface area contributed by atoms with Crippen molar-refractivity contribution < 1.29 is 38.0 Å². The predicted molar refractivity (Wildman–Crippen MR) is 423 cm³/mol. The second-order valence-corrected chi connectivity index (χ2v) is 32.1. The first-order valence-electron chi connectivity index (χ1n) is 36.3. The molecule has 2 saturated carbocycles. The van der Waals surface area contributed by atoms with Crippen LogP contribution >= 0.6 is 15.9 Å². The van der Waals surface area contributed by atoms with Crippen LogP contribution < -0.4 is 37.4 Å². The number of fused-ring (bicyclic) bond motifs is 10. The third kappa shape index (κ3) is 15.4. The third-order valence-corrected chi connectivity index (χ3v) is 20.7. The number of imidazole rings is 2. The molecule has 0 bridgehead atoms. The number of aromatic nitrogens is 6. The van der Waals surface area contributed by atoms with E-state index in [4.69, 9.17) is 33.7 Å². The lowest BCUT2D eigenvalue weighted by Gasteiger charge is -2.43. The van der Waals surface area contributed by atoms with Crippen LogP contribution in [0.2, 0.25) is 0 Å². The highest BCUT2D eigenvalue weighted by atomic mass is 79.9. The van der Waals surface area contributed by atoms with E-state index in [9.17, 15) is 19.2 Å². The SMILES string of the molecule is CC(C)(C)OC(=O)NC1(c2ccc(-c3c(Br)nc4n3-c3cccnc3Nc3ccccc3-4)cc2)CCC1.CC(C)C(=O)Nc1ccc(-c2nc3n(c2-c2ccc(C4(NC(=O)OC(C)(C)C)CCC4)cc2)-c2cccnc2Nc2ccccc2-3)cc1.CC(C)C(=O)Nc1ccc(B2OC(C)(C)C(C)(C)O2)cc1. The minimum absolute atomic E-state index is 0.0124. The van der Waals surface area contributed by atoms with E-state index in [1.54, 1.807) is 12.4 Å². The third-order valence-electron chi connectivity index (χ3n) is 20.1. The Morgan fingerprint density at radius 3 is 1.32 bits per heavy atom. The van der Waals surface area contributed by atoms with Crippen molar-refractivity contribution in [2.75, 3.05) is 21.3 Å². The van der Waals surface area contributed by atoms with Crippen molar-refractivity contribution in [3.05, 3.63) is 198 Å². The van der Waals surface area contributed by atoms with Crippen molar-refractivity contribution in [2.24, 2.45) is 11.8 Å². The average Bonchev–Trinajstić information content (AvgIpc) is 1.53. The highest BCUT2D eigenvalue weighted by Crippen LogP contribution is 2.49. The van der Waals surface area contributed by atoms with Crippen molar-refractivity contribution in [3.63, 3.8) is 0 Å². The zero-order valence-corrected chi connectivity index (χ0v) is 64.2. The average molecular weight is 1490 g/mol. The van der Waals surface area contributed by atoms with Gasteiger partial charge < -0.3 is 50.7 Å². The Kier molecular flexibility index (Phi) is 20.3. The fourth-order valence-corrected chi connectivity index (χ4v) is 14.0. The Labute approximate surface area is 628 Å². The topological polar surface area (TPSA) is 239 Å². The Morgan fingerprint density at radius 1 is 0.509 bits per heavy atom. The van der Waals surface area contributed by atoms with Crippen molar-refractivity contribution >= 4 is 86.9 Å². The largest absolute Gasteiger partial charge is 0.494 e. The number of nitrogens with one attached hydrogen (secondary N) is 6. The summed E-state index contributed by atoms with van der Waals surface area (Å²) in [5.74, 6) is 2.95. The first kappa shape index (κ1) is 73.9. The molecule has 3 aliphatic heterocycles. The first-order chi connectivity index (χ1) is 50.4. The summed E-state index contributed by atoms with van der Waals surface area (Å²) in [6.07, 6.45) is 8.35. The molecular formula is C84H92BBrN12O8. The van der Waals surface area contributed by atoms with Gasteiger partial charge in [0.1, 0.15) is 27.5 Å². The molecule has 3 fully saturated rings. The number of benzene rings is 6. The van der Waals surface area contributed by atoms with Crippen LogP contribution in [0.25, 0.3) is 67.9 Å². The van der Waals surface area contributed by atoms with Gasteiger partial charge >= 0.3 is 19.3 Å². The second kappa shape index (κ2) is 29.1. The molecule has 20 nitrogen and oxygen atoms in total. The van der Waals surface area contributed by atoms with Crippen LogP contribution in [-0.2, 0) is 39.4 Å². The van der Waals surface area contributed by atoms with Crippen LogP contribution in [0, 0.1) is 11.8 Å². The molecule has 4 aromatic heterocycles. The lowest BCUT2D eigenvalue weighted by molar-refractivity contribution is -0.119. The van der Waals surface area contributed by atoms with Gasteiger partial charge in [-0.15, -0.1) is 0 Å². The number of halogens is 1. The molecule has 6 aromatic carbocycles. The van der Waals surface area contributed by atoms with Gasteiger partial charge in [-0.1, -0.05) is 125 Å². The van der Waals surface area contributed by atoms with Crippen molar-refractivity contribution in [2.45, 2.75) is 169 Å². The molecule has 0 radical (unpaired) electrons. The van der Waals surface area contributed by atoms with Gasteiger partial charge in [0.05, 0.1) is 62.1 Å². The molecule has 2 aliphatic carbocycles. The molecule has 1 saturated heterocycles. The number of rotatable bonds is 12. The van der Waals surface area contributed by atoms with Crippen LogP contribution in [0.3, 0.4) is 0 Å². The smallest absolute Gasteiger partial charge is 0.444 e. The zero-order chi connectivity index (χ0) is 75.3. The van der Waals surface area contributed by atoms with Gasteiger partial charge in [-0.25, -0.2) is 29.5 Å². The molecule has 106 heavy (non-hydrogen) atoms. The van der Waals surface area contributed by atoms with E-state index >= 15 is 0 Å². The number of nitrogens with zero attached hydrogens (tertiary/aromatic N) is 6. The van der Waals surface area contributed by atoms with E-state index < -0.39 is 28.4 Å². The standard InChI is InChI=1S/C39H40N6O3.C29H28BrN5O2.C16H24BNO3/c1-24(2)36(46)41-28-19-15-25(16-20-28)32-33(26-13-17-27(18-14-26)39(21-9-22-39)44-37(47)48-38(3,4)5)45-31-12-8-23-40-34(31)42-30-11-7-6-10-29(30)35(45)43-32;1-28(2,3)37-27(36)34-29(15-7-16-29)19-13-11-18(12-14-19)23-24(30)33-26-20-8-4-5-9-21(20)32-25-22(35(23)26)10-6-17-31-25;1-11(2)14(19)18-13-9-7-12(8-10-13)17-20-15(3,4)16(5,6)21-17/h6-8,10-20,23-24H,9,21-22H2,1-5H3,(H,40,42)(H,41,46)(H,44,47);4-6,8-14,17H,7,15-16H2,1-3H3,(H,31,32)(H,34,36);7-11H,1-6H3,(H,18,19). The van der Waals surface area contributed by atoms with Gasteiger partial charge in [-0.2, -0.15) is 0 Å². The van der Waals surface area contributed by atoms with E-state index in [1.165, 1.54) is 0 Å². The molecule has 546 valence electrons. The molecule has 15 rings (SSSR count). The number of hydrogen-bond donors (Lipinski definition) is 6. The van der Waals surface area contributed by atoms with Gasteiger partial charge in [0.15, 0.2) is 11.6 Å². The molecule has 0 spiro atoms. The summed E-state index contributed by atoms with van der Waals surface area (Å²) in [6, 6.07) is 56.5. The highest BCUT2D eigenvalue weighted by molar-refractivity contribution is 9.10. The van der Waals surface area contributed by atoms with Crippen LogP contribution in [0.5, 0.6) is 0 Å². The number of carbonyl (C=O) groups is 4. The van der Waals surface area contributed by atoms with E-state index in [0.29, 0.717) is 0 Å². The first-order valence-corrected chi connectivity index (χ1v) is 37.1. The zero-order valence-electron chi connectivity index (χ0n) is 62.6. The summed E-state index contributed by atoms with van der Waals surface area (Å²) in [5.41, 5.74) is 13.1. The Balaban J connectivity index is 0.000000152. The maximum atomic E-state index is 12.8. The van der Waals surface area contributed by atoms with Crippen molar-refractivity contribution in [1.82, 2.24) is 39.7 Å². The van der Waals surface area contributed by atoms with Gasteiger partial charge in [0, 0.05) is 63.4 Å². The number of hydrogen-bond acceptors (Lipinski definition) is 14. The number of alkyl carbamates (subject to hydrolysis) is 2. The van der Waals surface area contributed by atoms with Crippen LogP contribution in [0.15, 0.2) is 187 Å². The summed E-state index contributed by atoms with van der Waals surface area (Å²) in [4.78, 5) is 69.1. The molecule has 22 heteroatoms. The monoisotopic (exact) mass is 1490 g/mol. The summed E-state index contributed by atoms with van der Waals surface area (Å²) in [5, 5.41) is 19.2. The summed E-state index contributed by atoms with van der Waals surface area (Å²) in [6.45, 7) is 26.9. The minimum Gasteiger partial charge on any atom is -0.444 e. The number of pyridine rings is 2. The molecule has 4 amide bonds. The van der Waals surface area contributed by atoms with E-state index in [1.807, 2.05) is 206 Å². The Morgan fingerprint density at radius 2 is 0.906 bits per heavy atom. The Hall–Kier alpha value is -10.4. The van der Waals surface area contributed by atoms with Gasteiger partial charge in [0.25, 0.3) is 0 Å². The Bertz CT molecular complexity index is 4920. The molecular weight excluding hydrogens is 1400 g/mol. The second-order valence-electron chi connectivity index (χ2n) is 31.3. The highest BCUT2D eigenvalue weighted by Gasteiger charge is 2.52. The number of carbonyl (C=O) groups excluding carboxylic acids is 4. The van der Waals surface area contributed by atoms with E-state index in [-0.39, 0.29) is 48.1 Å². The number of para-hydroxylation sites is 2. The van der Waals surface area contributed by atoms with Gasteiger partial charge in [-0.05, 0) is 213 Å². The predicted octanol–water partition coefficient (Wildman–Crippen LogP) is 18.7. The van der Waals surface area contributed by atoms with Crippen LogP contribution in [0.1, 0.15) is 147 Å². The lowest BCUT2D eigenvalue weighted by Crippen LogP contribution is -2.52. The molecule has 0 unspecified atom stereocenters. The van der Waals surface area contributed by atoms with E-state index in [2.05, 4.69) is 123 Å². The number of amides is 4. The molecule has 10 aromatic rings. The molecule has 5 aliphatic rings. The van der Waals surface area contributed by atoms with Crippen LogP contribution in [0.4, 0.5) is 44.0 Å². The molecule has 6 N–H and O–H groups in total. The number of ether oxygens (including phenoxy) is 2. The van der Waals surface area contributed by atoms with Crippen LogP contribution in [-0.4, -0.2) is 82.6 Å². The summed E-state index contributed by atoms with van der Waals surface area (Å²) < 4.78 is 28.2. The minimum atomic E-state index is -0.577. The fraction of sp³-hybridized carbons (Fsp3) is 0.333. The lowest BCUT2D eigenvalue weighted by atomic mass is 9.71. The van der Waals surface area contributed by atoms with Crippen molar-refractivity contribution in [3.8, 4) is 67.9 Å². The van der Waals surface area contributed by atoms with Gasteiger partial charge in [-0.3, -0.25) is 18.7 Å². The normalized spacial score (nSPS) is 15.8. The number of anilines is 6. The summed E-state index contributed by atoms with van der Waals surface area (Å²) >= 11 is 3.74. The van der Waals surface area contributed by atoms with E-state index in [0.717, 1.165) is 162 Å². The summed E-state index contributed by atoms with van der Waals surface area (Å²) in [7, 11) is -0.371. The quantitative estimate of drug-likeness (QED) is 0.0624.